The summed E-state index contributed by atoms with van der Waals surface area (Å²) < 4.78 is 37.6. The van der Waals surface area contributed by atoms with Crippen molar-refractivity contribution in [1.82, 2.24) is 0 Å². The van der Waals surface area contributed by atoms with Gasteiger partial charge in [-0.25, -0.2) is 10.7 Å². The molecule has 0 spiro atoms. The summed E-state index contributed by atoms with van der Waals surface area (Å²) in [4.78, 5) is 14.7. The van der Waals surface area contributed by atoms with E-state index in [9.17, 15) is 18.0 Å². The quantitative estimate of drug-likeness (QED) is 0.782. The maximum Gasteiger partial charge on any atom is 0.416 e. The number of carboxylic acid groups (broad SMARTS) is 1. The lowest BCUT2D eigenvalue weighted by Crippen LogP contribution is -2.22. The molecule has 1 atom stereocenters. The summed E-state index contributed by atoms with van der Waals surface area (Å²) >= 11 is 0. The number of hydrogen-bond donors (Lipinski definition) is 2. The second kappa shape index (κ2) is 4.50. The minimum atomic E-state index is -4.65. The van der Waals surface area contributed by atoms with Crippen molar-refractivity contribution in [1.29, 1.82) is 0 Å². The van der Waals surface area contributed by atoms with Crippen molar-refractivity contribution in [2.75, 3.05) is 0 Å². The maximum atomic E-state index is 12.5. The maximum absolute atomic E-state index is 12.5. The molecule has 0 aliphatic heterocycles. The highest BCUT2D eigenvalue weighted by atomic mass is 19.4. The second-order valence-electron chi connectivity index (χ2n) is 2.94. The molecular weight excluding hydrogens is 227 g/mol. The van der Waals surface area contributed by atoms with E-state index in [0.29, 0.717) is 0 Å². The molecule has 0 saturated carbocycles. The van der Waals surface area contributed by atoms with Crippen LogP contribution < -0.4 is 5.90 Å². The molecule has 0 heterocycles. The van der Waals surface area contributed by atoms with Gasteiger partial charge in [0.25, 0.3) is 0 Å². The van der Waals surface area contributed by atoms with Gasteiger partial charge < -0.3 is 5.11 Å². The first-order valence-electron chi connectivity index (χ1n) is 4.12. The molecular formula is C9H8F3NO3. The van der Waals surface area contributed by atoms with E-state index in [1.165, 1.54) is 6.07 Å². The first-order chi connectivity index (χ1) is 7.38. The Labute approximate surface area is 88.4 Å². The van der Waals surface area contributed by atoms with Gasteiger partial charge in [0, 0.05) is 5.56 Å². The predicted octanol–water partition coefficient (Wildman–Crippen LogP) is 1.72. The Balaban J connectivity index is 3.27. The van der Waals surface area contributed by atoms with Gasteiger partial charge in [0.15, 0.2) is 0 Å². The van der Waals surface area contributed by atoms with Crippen molar-refractivity contribution >= 4 is 5.97 Å². The van der Waals surface area contributed by atoms with E-state index >= 15 is 0 Å². The number of hydrogen-bond acceptors (Lipinski definition) is 3. The lowest BCUT2D eigenvalue weighted by atomic mass is 10.0. The number of benzene rings is 1. The largest absolute Gasteiger partial charge is 0.479 e. The van der Waals surface area contributed by atoms with Gasteiger partial charge in [0.2, 0.25) is 6.10 Å². The normalized spacial score (nSPS) is 13.5. The molecule has 1 rings (SSSR count). The molecule has 0 fully saturated rings. The van der Waals surface area contributed by atoms with Crippen molar-refractivity contribution in [3.8, 4) is 0 Å². The molecule has 0 saturated heterocycles. The Morgan fingerprint density at radius 3 is 2.38 bits per heavy atom. The fraction of sp³-hybridized carbons (Fsp3) is 0.222. The van der Waals surface area contributed by atoms with Crippen LogP contribution in [0, 0.1) is 0 Å². The topological polar surface area (TPSA) is 72.5 Å². The van der Waals surface area contributed by atoms with Gasteiger partial charge in [-0.1, -0.05) is 18.2 Å². The van der Waals surface area contributed by atoms with Crippen molar-refractivity contribution in [2.45, 2.75) is 12.3 Å². The van der Waals surface area contributed by atoms with E-state index in [1.54, 1.807) is 0 Å². The van der Waals surface area contributed by atoms with Gasteiger partial charge in [-0.15, -0.1) is 0 Å². The summed E-state index contributed by atoms with van der Waals surface area (Å²) in [7, 11) is 0. The van der Waals surface area contributed by atoms with Crippen LogP contribution in [-0.2, 0) is 15.8 Å². The van der Waals surface area contributed by atoms with Crippen LogP contribution in [0.2, 0.25) is 0 Å². The summed E-state index contributed by atoms with van der Waals surface area (Å²) in [6.45, 7) is 0. The lowest BCUT2D eigenvalue weighted by Gasteiger charge is -2.16. The molecule has 0 bridgehead atoms. The van der Waals surface area contributed by atoms with Crippen molar-refractivity contribution < 1.29 is 27.9 Å². The first kappa shape index (κ1) is 12.5. The number of nitrogens with two attached hydrogens (primary N) is 1. The van der Waals surface area contributed by atoms with Gasteiger partial charge in [-0.2, -0.15) is 13.2 Å². The molecule has 1 unspecified atom stereocenters. The van der Waals surface area contributed by atoms with Gasteiger partial charge in [-0.3, -0.25) is 4.84 Å². The SMILES string of the molecule is NOC(C(=O)O)c1ccccc1C(F)(F)F. The van der Waals surface area contributed by atoms with Crippen LogP contribution in [-0.4, -0.2) is 11.1 Å². The first-order valence-corrected chi connectivity index (χ1v) is 4.12. The zero-order valence-corrected chi connectivity index (χ0v) is 7.86. The van der Waals surface area contributed by atoms with E-state index in [0.717, 1.165) is 18.2 Å². The van der Waals surface area contributed by atoms with E-state index < -0.39 is 29.4 Å². The molecule has 0 aliphatic rings. The van der Waals surface area contributed by atoms with E-state index in [1.807, 2.05) is 0 Å². The molecule has 4 nitrogen and oxygen atoms in total. The average molecular weight is 235 g/mol. The number of carboxylic acids is 1. The highest BCUT2D eigenvalue weighted by Crippen LogP contribution is 2.35. The van der Waals surface area contributed by atoms with Crippen LogP contribution in [0.15, 0.2) is 24.3 Å². The van der Waals surface area contributed by atoms with Crippen molar-refractivity contribution in [3.05, 3.63) is 35.4 Å². The van der Waals surface area contributed by atoms with Gasteiger partial charge >= 0.3 is 12.1 Å². The highest BCUT2D eigenvalue weighted by molar-refractivity contribution is 5.75. The van der Waals surface area contributed by atoms with E-state index in [2.05, 4.69) is 10.7 Å². The Hall–Kier alpha value is -1.60. The van der Waals surface area contributed by atoms with Crippen LogP contribution in [0.4, 0.5) is 13.2 Å². The molecule has 16 heavy (non-hydrogen) atoms. The molecule has 1 aromatic carbocycles. The zero-order chi connectivity index (χ0) is 12.3. The summed E-state index contributed by atoms with van der Waals surface area (Å²) in [5, 5.41) is 8.64. The Morgan fingerprint density at radius 1 is 1.38 bits per heavy atom. The number of aliphatic carboxylic acids is 1. The van der Waals surface area contributed by atoms with Crippen LogP contribution in [0.5, 0.6) is 0 Å². The van der Waals surface area contributed by atoms with Crippen LogP contribution in [0.25, 0.3) is 0 Å². The van der Waals surface area contributed by atoms with E-state index in [4.69, 9.17) is 5.11 Å². The fourth-order valence-corrected chi connectivity index (χ4v) is 1.25. The molecule has 0 aliphatic carbocycles. The number of halogens is 3. The Kier molecular flexibility index (Phi) is 3.51. The minimum Gasteiger partial charge on any atom is -0.479 e. The third-order valence-corrected chi connectivity index (χ3v) is 1.91. The van der Waals surface area contributed by atoms with Crippen LogP contribution >= 0.6 is 0 Å². The van der Waals surface area contributed by atoms with Gasteiger partial charge in [0.05, 0.1) is 5.56 Å². The smallest absolute Gasteiger partial charge is 0.416 e. The van der Waals surface area contributed by atoms with Crippen LogP contribution in [0.1, 0.15) is 17.2 Å². The third-order valence-electron chi connectivity index (χ3n) is 1.91. The predicted molar refractivity (Wildman–Crippen MR) is 47.1 cm³/mol. The number of alkyl halides is 3. The molecule has 3 N–H and O–H groups in total. The number of carbonyl (C=O) groups is 1. The zero-order valence-electron chi connectivity index (χ0n) is 7.86. The number of rotatable bonds is 3. The highest BCUT2D eigenvalue weighted by Gasteiger charge is 2.37. The second-order valence-corrected chi connectivity index (χ2v) is 2.94. The fourth-order valence-electron chi connectivity index (χ4n) is 1.25. The van der Waals surface area contributed by atoms with Crippen molar-refractivity contribution in [3.63, 3.8) is 0 Å². The minimum absolute atomic E-state index is 0.523. The van der Waals surface area contributed by atoms with Gasteiger partial charge in [-0.05, 0) is 6.07 Å². The molecule has 1 aromatic rings. The summed E-state index contributed by atoms with van der Waals surface area (Å²) in [6.07, 6.45) is -6.49. The molecule has 88 valence electrons. The molecule has 0 radical (unpaired) electrons. The Morgan fingerprint density at radius 2 is 1.94 bits per heavy atom. The molecule has 7 heteroatoms. The average Bonchev–Trinajstić information content (AvgIpc) is 2.17. The summed E-state index contributed by atoms with van der Waals surface area (Å²) in [5.74, 6) is 3.09. The van der Waals surface area contributed by atoms with Crippen LogP contribution in [0.3, 0.4) is 0 Å². The van der Waals surface area contributed by atoms with Gasteiger partial charge in [0.1, 0.15) is 0 Å². The Bertz CT molecular complexity index is 392. The molecule has 0 amide bonds. The lowest BCUT2D eigenvalue weighted by molar-refractivity contribution is -0.153. The summed E-state index contributed by atoms with van der Waals surface area (Å²) in [5.41, 5.74) is -1.60. The van der Waals surface area contributed by atoms with E-state index in [-0.39, 0.29) is 0 Å². The monoisotopic (exact) mass is 235 g/mol. The molecule has 0 aromatic heterocycles. The van der Waals surface area contributed by atoms with Crippen molar-refractivity contribution in [2.24, 2.45) is 5.90 Å². The summed E-state index contributed by atoms with van der Waals surface area (Å²) in [6, 6.07) is 4.21. The third kappa shape index (κ3) is 2.50. The standard InChI is InChI=1S/C9H8F3NO3/c10-9(11,12)6-4-2-1-3-5(6)7(16-13)8(14)15/h1-4,7H,13H2,(H,14,15).